The molecule has 178 valence electrons. The van der Waals surface area contributed by atoms with Crippen LogP contribution in [0.5, 0.6) is 0 Å². The number of nitrogen functional groups attached to an aromatic ring is 1. The van der Waals surface area contributed by atoms with Crippen LogP contribution in [0.4, 0.5) is 15.7 Å². The monoisotopic (exact) mass is 480 g/mol. The number of rotatable bonds is 3. The first-order chi connectivity index (χ1) is 15.9. The molecule has 10 nitrogen and oxygen atoms in total. The van der Waals surface area contributed by atoms with Crippen molar-refractivity contribution in [2.75, 3.05) is 31.2 Å². The molecule has 0 aliphatic carbocycles. The Morgan fingerprint density at radius 1 is 1.21 bits per heavy atom. The lowest BCUT2D eigenvalue weighted by Crippen LogP contribution is -2.37. The van der Waals surface area contributed by atoms with Crippen molar-refractivity contribution in [2.45, 2.75) is 33.2 Å². The number of hydrogen-bond donors (Lipinski definition) is 3. The van der Waals surface area contributed by atoms with Crippen molar-refractivity contribution in [1.29, 1.82) is 0 Å². The first kappa shape index (κ1) is 23.4. The summed E-state index contributed by atoms with van der Waals surface area (Å²) < 4.78 is 3.13. The molecule has 5 rings (SSSR count). The van der Waals surface area contributed by atoms with Gasteiger partial charge in [0, 0.05) is 44.9 Å². The molecule has 1 aliphatic heterocycles. The molecule has 4 N–H and O–H groups in total. The lowest BCUT2D eigenvalue weighted by molar-refractivity contribution is -0.130. The Labute approximate surface area is 201 Å². The summed E-state index contributed by atoms with van der Waals surface area (Å²) in [5, 5.41) is 6.60. The number of anilines is 2. The summed E-state index contributed by atoms with van der Waals surface area (Å²) in [5.41, 5.74) is 9.83. The van der Waals surface area contributed by atoms with Gasteiger partial charge in [0.15, 0.2) is 5.13 Å². The van der Waals surface area contributed by atoms with Crippen LogP contribution >= 0.6 is 11.3 Å². The molecular formula is C23H28N8O2S. The fourth-order valence-electron chi connectivity index (χ4n) is 4.37. The number of nitrogens with zero attached hydrogens (tertiary/aromatic N) is 5. The molecule has 0 bridgehead atoms. The summed E-state index contributed by atoms with van der Waals surface area (Å²) >= 11 is 1.41. The Morgan fingerprint density at radius 3 is 2.68 bits per heavy atom. The van der Waals surface area contributed by atoms with E-state index in [1.165, 1.54) is 17.7 Å². The SMILES string of the molecule is C.CNC(=O)Nc1nc2ccc(-c3cn(C4CCN(C(C)=O)CC4)c4ncnc(N)c34)cc2s1. The zero-order chi connectivity index (χ0) is 23.1. The van der Waals surface area contributed by atoms with Crippen LogP contribution in [-0.4, -0.2) is 56.5 Å². The molecule has 3 amide bonds. The normalized spacial score (nSPS) is 14.2. The summed E-state index contributed by atoms with van der Waals surface area (Å²) in [5.74, 6) is 0.544. The van der Waals surface area contributed by atoms with E-state index in [2.05, 4.69) is 36.3 Å². The van der Waals surface area contributed by atoms with E-state index in [0.29, 0.717) is 10.9 Å². The summed E-state index contributed by atoms with van der Waals surface area (Å²) in [4.78, 5) is 38.5. The molecule has 3 aromatic heterocycles. The smallest absolute Gasteiger partial charge is 0.320 e. The Kier molecular flexibility index (Phi) is 6.38. The number of benzene rings is 1. The second kappa shape index (κ2) is 9.26. The maximum atomic E-state index is 11.7. The maximum Gasteiger partial charge on any atom is 0.320 e. The van der Waals surface area contributed by atoms with Gasteiger partial charge in [-0.1, -0.05) is 24.8 Å². The van der Waals surface area contributed by atoms with Crippen molar-refractivity contribution in [2.24, 2.45) is 0 Å². The highest BCUT2D eigenvalue weighted by molar-refractivity contribution is 7.22. The minimum absolute atomic E-state index is 0. The largest absolute Gasteiger partial charge is 0.383 e. The number of likely N-dealkylation sites (tertiary alicyclic amines) is 1. The number of aromatic nitrogens is 4. The highest BCUT2D eigenvalue weighted by Crippen LogP contribution is 2.38. The molecule has 0 radical (unpaired) electrons. The fraction of sp³-hybridized carbons (Fsp3) is 0.348. The van der Waals surface area contributed by atoms with Crippen LogP contribution in [-0.2, 0) is 4.79 Å². The van der Waals surface area contributed by atoms with Crippen molar-refractivity contribution >= 4 is 55.5 Å². The van der Waals surface area contributed by atoms with E-state index < -0.39 is 0 Å². The summed E-state index contributed by atoms with van der Waals surface area (Å²) in [6, 6.07) is 5.89. The van der Waals surface area contributed by atoms with Crippen LogP contribution in [0.15, 0.2) is 30.7 Å². The predicted octanol–water partition coefficient (Wildman–Crippen LogP) is 3.86. The van der Waals surface area contributed by atoms with Crippen molar-refractivity contribution in [3.05, 3.63) is 30.7 Å². The van der Waals surface area contributed by atoms with Crippen LogP contribution < -0.4 is 16.4 Å². The van der Waals surface area contributed by atoms with Gasteiger partial charge in [-0.25, -0.2) is 19.7 Å². The molecule has 0 saturated carbocycles. The molecule has 1 aromatic carbocycles. The number of piperidine rings is 1. The van der Waals surface area contributed by atoms with Crippen LogP contribution in [0.25, 0.3) is 32.4 Å². The Hall–Kier alpha value is -3.73. The highest BCUT2D eigenvalue weighted by Gasteiger charge is 2.25. The third-order valence-electron chi connectivity index (χ3n) is 6.09. The van der Waals surface area contributed by atoms with Gasteiger partial charge in [-0.05, 0) is 30.5 Å². The maximum absolute atomic E-state index is 11.7. The molecule has 1 aliphatic rings. The quantitative estimate of drug-likeness (QED) is 0.408. The van der Waals surface area contributed by atoms with Gasteiger partial charge in [0.25, 0.3) is 0 Å². The fourth-order valence-corrected chi connectivity index (χ4v) is 5.27. The Morgan fingerprint density at radius 2 is 1.97 bits per heavy atom. The molecule has 0 unspecified atom stereocenters. The van der Waals surface area contributed by atoms with Crippen molar-refractivity contribution in [3.8, 4) is 11.1 Å². The molecule has 1 fully saturated rings. The summed E-state index contributed by atoms with van der Waals surface area (Å²) in [6.07, 6.45) is 5.30. The van der Waals surface area contributed by atoms with Gasteiger partial charge in [-0.3, -0.25) is 10.1 Å². The molecular weight excluding hydrogens is 452 g/mol. The summed E-state index contributed by atoms with van der Waals surface area (Å²) in [7, 11) is 1.56. The van der Waals surface area contributed by atoms with Gasteiger partial charge in [0.2, 0.25) is 5.91 Å². The van der Waals surface area contributed by atoms with Crippen LogP contribution in [0.3, 0.4) is 0 Å². The molecule has 0 spiro atoms. The number of urea groups is 1. The molecule has 34 heavy (non-hydrogen) atoms. The van der Waals surface area contributed by atoms with Crippen LogP contribution in [0.2, 0.25) is 0 Å². The van der Waals surface area contributed by atoms with Gasteiger partial charge < -0.3 is 20.5 Å². The van der Waals surface area contributed by atoms with Gasteiger partial charge in [-0.2, -0.15) is 0 Å². The predicted molar refractivity (Wildman–Crippen MR) is 136 cm³/mol. The van der Waals surface area contributed by atoms with Crippen molar-refractivity contribution < 1.29 is 9.59 Å². The van der Waals surface area contributed by atoms with E-state index in [1.807, 2.05) is 23.1 Å². The number of carbonyl (C=O) groups is 2. The van der Waals surface area contributed by atoms with E-state index in [0.717, 1.165) is 58.3 Å². The minimum Gasteiger partial charge on any atom is -0.383 e. The van der Waals surface area contributed by atoms with Gasteiger partial charge >= 0.3 is 6.03 Å². The lowest BCUT2D eigenvalue weighted by atomic mass is 10.0. The van der Waals surface area contributed by atoms with E-state index in [4.69, 9.17) is 5.73 Å². The standard InChI is InChI=1S/C22H24N8O2S.CH4/c1-12(31)29-7-5-14(6-8-29)30-10-15(18-19(23)25-11-26-20(18)30)13-3-4-16-17(9-13)33-22(27-16)28-21(32)24-2;/h3-4,9-11,14H,5-8H2,1-2H3,(H2,23,25,26)(H2,24,27,28,32);1H4. The zero-order valence-corrected chi connectivity index (χ0v) is 19.1. The first-order valence-corrected chi connectivity index (χ1v) is 11.5. The minimum atomic E-state index is -0.307. The van der Waals surface area contributed by atoms with E-state index >= 15 is 0 Å². The zero-order valence-electron chi connectivity index (χ0n) is 18.3. The van der Waals surface area contributed by atoms with Gasteiger partial charge in [0.1, 0.15) is 17.8 Å². The topological polar surface area (TPSA) is 131 Å². The third kappa shape index (κ3) is 4.14. The summed E-state index contributed by atoms with van der Waals surface area (Å²) in [6.45, 7) is 3.07. The number of amides is 3. The van der Waals surface area contributed by atoms with Crippen molar-refractivity contribution in [1.82, 2.24) is 29.7 Å². The molecule has 0 atom stereocenters. The number of hydrogen-bond acceptors (Lipinski definition) is 7. The number of nitrogens with one attached hydrogen (secondary N) is 2. The van der Waals surface area contributed by atoms with Gasteiger partial charge in [0.05, 0.1) is 15.6 Å². The van der Waals surface area contributed by atoms with E-state index in [9.17, 15) is 9.59 Å². The van der Waals surface area contributed by atoms with Crippen LogP contribution in [0.1, 0.15) is 33.2 Å². The second-order valence-corrected chi connectivity index (χ2v) is 9.08. The first-order valence-electron chi connectivity index (χ1n) is 10.7. The highest BCUT2D eigenvalue weighted by atomic mass is 32.1. The van der Waals surface area contributed by atoms with E-state index in [1.54, 1.807) is 14.0 Å². The molecule has 1 saturated heterocycles. The van der Waals surface area contributed by atoms with Gasteiger partial charge in [-0.15, -0.1) is 0 Å². The van der Waals surface area contributed by atoms with Crippen LogP contribution in [0, 0.1) is 0 Å². The lowest BCUT2D eigenvalue weighted by Gasteiger charge is -2.32. The third-order valence-corrected chi connectivity index (χ3v) is 7.02. The van der Waals surface area contributed by atoms with Crippen molar-refractivity contribution in [3.63, 3.8) is 0 Å². The number of thiazole rings is 1. The number of fused-ring (bicyclic) bond motifs is 2. The number of nitrogens with two attached hydrogens (primary N) is 1. The Bertz CT molecular complexity index is 1370. The average Bonchev–Trinajstić information content (AvgIpc) is 3.40. The Balaban J connectivity index is 0.00000274. The molecule has 4 aromatic rings. The second-order valence-electron chi connectivity index (χ2n) is 8.05. The van der Waals surface area contributed by atoms with E-state index in [-0.39, 0.29) is 25.4 Å². The molecule has 11 heteroatoms. The molecule has 4 heterocycles. The number of carbonyl (C=O) groups excluding carboxylic acids is 2. The average molecular weight is 481 g/mol.